The van der Waals surface area contributed by atoms with Gasteiger partial charge in [0.1, 0.15) is 12.2 Å². The van der Waals surface area contributed by atoms with Crippen molar-refractivity contribution >= 4 is 11.8 Å². The number of esters is 1. The Morgan fingerprint density at radius 3 is 2.35 bits per heavy atom. The lowest BCUT2D eigenvalue weighted by molar-refractivity contribution is -0.139. The van der Waals surface area contributed by atoms with E-state index in [4.69, 9.17) is 4.74 Å². The molecule has 4 nitrogen and oxygen atoms in total. The monoisotopic (exact) mass is 236 g/mol. The quantitative estimate of drug-likeness (QED) is 0.456. The molecule has 0 atom stereocenters. The highest BCUT2D eigenvalue weighted by Gasteiger charge is 2.18. The van der Waals surface area contributed by atoms with Gasteiger partial charge in [-0.05, 0) is 31.0 Å². The van der Waals surface area contributed by atoms with Crippen molar-refractivity contribution in [1.29, 1.82) is 0 Å². The van der Waals surface area contributed by atoms with Crippen molar-refractivity contribution in [2.45, 2.75) is 20.3 Å². The smallest absolute Gasteiger partial charge is 0.313 e. The van der Waals surface area contributed by atoms with Crippen molar-refractivity contribution in [2.75, 3.05) is 14.2 Å². The number of carbonyl (C=O) groups is 2. The molecule has 0 spiro atoms. The van der Waals surface area contributed by atoms with Crippen LogP contribution in [0.25, 0.3) is 0 Å². The highest BCUT2D eigenvalue weighted by molar-refractivity contribution is 6.07. The average molecular weight is 236 g/mol. The maximum absolute atomic E-state index is 11.9. The van der Waals surface area contributed by atoms with Crippen LogP contribution >= 0.6 is 0 Å². The van der Waals surface area contributed by atoms with Crippen LogP contribution < -0.4 is 4.74 Å². The molecule has 0 radical (unpaired) electrons. The lowest BCUT2D eigenvalue weighted by Gasteiger charge is -2.11. The zero-order valence-corrected chi connectivity index (χ0v) is 10.5. The van der Waals surface area contributed by atoms with Crippen LogP contribution in [0.1, 0.15) is 27.9 Å². The Kier molecular flexibility index (Phi) is 4.26. The first-order valence-corrected chi connectivity index (χ1v) is 5.24. The molecule has 1 rings (SSSR count). The summed E-state index contributed by atoms with van der Waals surface area (Å²) in [6.07, 6.45) is -0.268. The molecule has 17 heavy (non-hydrogen) atoms. The predicted molar refractivity (Wildman–Crippen MR) is 63.4 cm³/mol. The van der Waals surface area contributed by atoms with E-state index in [0.717, 1.165) is 11.1 Å². The van der Waals surface area contributed by atoms with E-state index in [2.05, 4.69) is 4.74 Å². The summed E-state index contributed by atoms with van der Waals surface area (Å²) in [5, 5.41) is 0. The number of benzene rings is 1. The van der Waals surface area contributed by atoms with Gasteiger partial charge in [-0.25, -0.2) is 0 Å². The van der Waals surface area contributed by atoms with Gasteiger partial charge in [-0.3, -0.25) is 9.59 Å². The van der Waals surface area contributed by atoms with Gasteiger partial charge in [-0.15, -0.1) is 0 Å². The molecule has 0 aromatic heterocycles. The Balaban J connectivity index is 3.12. The van der Waals surface area contributed by atoms with Crippen LogP contribution in [0, 0.1) is 13.8 Å². The van der Waals surface area contributed by atoms with E-state index < -0.39 is 5.97 Å². The van der Waals surface area contributed by atoms with Crippen LogP contribution in [0.5, 0.6) is 5.75 Å². The average Bonchev–Trinajstić information content (AvgIpc) is 2.27. The summed E-state index contributed by atoms with van der Waals surface area (Å²) in [5.41, 5.74) is 2.26. The molecular formula is C13H16O4. The molecular weight excluding hydrogens is 220 g/mol. The van der Waals surface area contributed by atoms with Crippen molar-refractivity contribution in [3.05, 3.63) is 28.8 Å². The van der Waals surface area contributed by atoms with Gasteiger partial charge in [-0.1, -0.05) is 6.07 Å². The molecule has 0 N–H and O–H groups in total. The molecule has 0 fully saturated rings. The van der Waals surface area contributed by atoms with E-state index >= 15 is 0 Å². The number of methoxy groups -OCH3 is 2. The number of ketones is 1. The summed E-state index contributed by atoms with van der Waals surface area (Å²) < 4.78 is 9.67. The van der Waals surface area contributed by atoms with E-state index in [0.29, 0.717) is 11.3 Å². The van der Waals surface area contributed by atoms with E-state index in [1.165, 1.54) is 14.2 Å². The second kappa shape index (κ2) is 5.48. The molecule has 92 valence electrons. The molecule has 0 amide bonds. The zero-order valence-electron chi connectivity index (χ0n) is 10.5. The molecule has 0 aliphatic heterocycles. The van der Waals surface area contributed by atoms with E-state index in [1.54, 1.807) is 6.07 Å². The summed E-state index contributed by atoms with van der Waals surface area (Å²) >= 11 is 0. The van der Waals surface area contributed by atoms with Crippen LogP contribution in [-0.2, 0) is 9.53 Å². The maximum Gasteiger partial charge on any atom is 0.313 e. The van der Waals surface area contributed by atoms with Crippen LogP contribution in [0.4, 0.5) is 0 Å². The topological polar surface area (TPSA) is 52.6 Å². The van der Waals surface area contributed by atoms with Gasteiger partial charge in [0.2, 0.25) is 0 Å². The van der Waals surface area contributed by atoms with Crippen molar-refractivity contribution in [3.63, 3.8) is 0 Å². The second-order valence-electron chi connectivity index (χ2n) is 3.84. The normalized spacial score (nSPS) is 9.88. The second-order valence-corrected chi connectivity index (χ2v) is 3.84. The van der Waals surface area contributed by atoms with Crippen molar-refractivity contribution in [3.8, 4) is 5.75 Å². The third kappa shape index (κ3) is 3.06. The summed E-state index contributed by atoms with van der Waals surface area (Å²) in [7, 11) is 2.76. The van der Waals surface area contributed by atoms with Gasteiger partial charge in [0, 0.05) is 0 Å². The standard InChI is InChI=1S/C13H16O4/c1-8-5-9(2)13(17-4)10(6-8)11(14)7-12(15)16-3/h5-6H,7H2,1-4H3. The molecule has 1 aromatic carbocycles. The Morgan fingerprint density at radius 1 is 1.18 bits per heavy atom. The minimum atomic E-state index is -0.545. The Morgan fingerprint density at radius 2 is 1.82 bits per heavy atom. The zero-order chi connectivity index (χ0) is 13.0. The van der Waals surface area contributed by atoms with Crippen LogP contribution in [-0.4, -0.2) is 26.0 Å². The molecule has 0 saturated heterocycles. The predicted octanol–water partition coefficient (Wildman–Crippen LogP) is 2.06. The first-order valence-electron chi connectivity index (χ1n) is 5.24. The minimum Gasteiger partial charge on any atom is -0.496 e. The number of carbonyl (C=O) groups excluding carboxylic acids is 2. The molecule has 0 aliphatic carbocycles. The third-order valence-corrected chi connectivity index (χ3v) is 2.46. The van der Waals surface area contributed by atoms with Crippen molar-refractivity contribution < 1.29 is 19.1 Å². The highest BCUT2D eigenvalue weighted by Crippen LogP contribution is 2.26. The fourth-order valence-electron chi connectivity index (χ4n) is 1.73. The number of aryl methyl sites for hydroxylation is 2. The van der Waals surface area contributed by atoms with Crippen LogP contribution in [0.3, 0.4) is 0 Å². The van der Waals surface area contributed by atoms with E-state index in [-0.39, 0.29) is 12.2 Å². The first kappa shape index (κ1) is 13.2. The number of hydrogen-bond donors (Lipinski definition) is 0. The molecule has 0 bridgehead atoms. The van der Waals surface area contributed by atoms with Gasteiger partial charge < -0.3 is 9.47 Å². The largest absolute Gasteiger partial charge is 0.496 e. The summed E-state index contributed by atoms with van der Waals surface area (Å²) in [4.78, 5) is 23.0. The number of Topliss-reactive ketones (excluding diaryl/α,β-unsaturated/α-hetero) is 1. The first-order chi connectivity index (χ1) is 7.99. The van der Waals surface area contributed by atoms with Crippen molar-refractivity contribution in [2.24, 2.45) is 0 Å². The minimum absolute atomic E-state index is 0.268. The maximum atomic E-state index is 11.9. The van der Waals surface area contributed by atoms with E-state index in [9.17, 15) is 9.59 Å². The number of hydrogen-bond acceptors (Lipinski definition) is 4. The Bertz CT molecular complexity index is 449. The molecule has 0 aliphatic rings. The molecule has 0 heterocycles. The molecule has 4 heteroatoms. The number of ether oxygens (including phenoxy) is 2. The Labute approximate surface area is 101 Å². The molecule has 0 unspecified atom stereocenters. The van der Waals surface area contributed by atoms with Gasteiger partial charge in [0.15, 0.2) is 5.78 Å². The van der Waals surface area contributed by atoms with E-state index in [1.807, 2.05) is 19.9 Å². The molecule has 1 aromatic rings. The third-order valence-electron chi connectivity index (χ3n) is 2.46. The summed E-state index contributed by atoms with van der Waals surface area (Å²) in [6.45, 7) is 3.75. The lowest BCUT2D eigenvalue weighted by atomic mass is 10.0. The SMILES string of the molecule is COC(=O)CC(=O)c1cc(C)cc(C)c1OC. The lowest BCUT2D eigenvalue weighted by Crippen LogP contribution is -2.11. The van der Waals surface area contributed by atoms with Gasteiger partial charge in [0.05, 0.1) is 19.8 Å². The fraction of sp³-hybridized carbons (Fsp3) is 0.385. The van der Waals surface area contributed by atoms with Crippen LogP contribution in [0.15, 0.2) is 12.1 Å². The van der Waals surface area contributed by atoms with Gasteiger partial charge in [0.25, 0.3) is 0 Å². The van der Waals surface area contributed by atoms with Gasteiger partial charge in [-0.2, -0.15) is 0 Å². The Hall–Kier alpha value is -1.84. The molecule has 0 saturated carbocycles. The number of rotatable bonds is 4. The van der Waals surface area contributed by atoms with Crippen molar-refractivity contribution in [1.82, 2.24) is 0 Å². The van der Waals surface area contributed by atoms with Gasteiger partial charge >= 0.3 is 5.97 Å². The highest BCUT2D eigenvalue weighted by atomic mass is 16.5. The fourth-order valence-corrected chi connectivity index (χ4v) is 1.73. The summed E-state index contributed by atoms with van der Waals surface area (Å²) in [5.74, 6) is -0.318. The van der Waals surface area contributed by atoms with Crippen LogP contribution in [0.2, 0.25) is 0 Å². The summed E-state index contributed by atoms with van der Waals surface area (Å²) in [6, 6.07) is 3.64.